The molecule has 4 heterocycles. The number of hydrogen-bond donors (Lipinski definition) is 3. The van der Waals surface area contributed by atoms with Crippen LogP contribution in [0.15, 0.2) is 72.3 Å². The van der Waals surface area contributed by atoms with Crippen molar-refractivity contribution in [2.45, 2.75) is 30.2 Å². The molecule has 5 aromatic rings. The van der Waals surface area contributed by atoms with Crippen LogP contribution >= 0.6 is 0 Å². The second-order valence-electron chi connectivity index (χ2n) is 10.6. The number of aromatic amines is 1. The third-order valence-corrected chi connectivity index (χ3v) is 8.83. The Bertz CT molecular complexity index is 1980. The maximum absolute atomic E-state index is 13.1. The van der Waals surface area contributed by atoms with E-state index in [9.17, 15) is 13.2 Å². The van der Waals surface area contributed by atoms with Gasteiger partial charge in [0.05, 0.1) is 41.9 Å². The molecule has 12 nitrogen and oxygen atoms in total. The van der Waals surface area contributed by atoms with E-state index in [1.165, 1.54) is 6.33 Å². The second kappa shape index (κ2) is 13.8. The number of anilines is 3. The molecule has 0 radical (unpaired) electrons. The number of pyridine rings is 1. The molecule has 1 fully saturated rings. The molecule has 1 saturated heterocycles. The van der Waals surface area contributed by atoms with Crippen LogP contribution in [0.25, 0.3) is 21.9 Å². The zero-order chi connectivity index (χ0) is 31.1. The minimum atomic E-state index is -3.72. The molecule has 0 aliphatic carbocycles. The minimum absolute atomic E-state index is 0.115. The van der Waals surface area contributed by atoms with Crippen LogP contribution in [-0.2, 0) is 25.1 Å². The van der Waals surface area contributed by atoms with Crippen LogP contribution in [-0.4, -0.2) is 77.0 Å². The number of hydrogen-bond acceptors (Lipinski definition) is 10. The zero-order valence-electron chi connectivity index (χ0n) is 24.5. The summed E-state index contributed by atoms with van der Waals surface area (Å²) in [5.74, 6) is 5.70. The van der Waals surface area contributed by atoms with Gasteiger partial charge in [-0.3, -0.25) is 15.0 Å². The summed E-state index contributed by atoms with van der Waals surface area (Å²) in [7, 11) is -3.72. The number of para-hydroxylation sites is 1. The standard InChI is InChI=1S/C32H32N8O4S/c41-29(13-6-1-2-7-14-40-15-17-44-18-16-40)38-28-19-24-27(20-33-28)34-22-35-31(24)36-25-11-8-12-26-30(25)39-32(37-26)45(42,43)21-23-9-4-3-5-10-23/h3-5,8-12,19-20,22H,1-2,7,14-18,21H2,(H,37,39)(H,33,38,41)(H,34,35,36). The number of fused-ring (bicyclic) bond motifs is 2. The molecule has 1 aliphatic rings. The first-order chi connectivity index (χ1) is 21.9. The molecule has 45 heavy (non-hydrogen) atoms. The highest BCUT2D eigenvalue weighted by molar-refractivity contribution is 7.90. The lowest BCUT2D eigenvalue weighted by molar-refractivity contribution is -0.111. The number of morpholine rings is 1. The van der Waals surface area contributed by atoms with E-state index < -0.39 is 15.7 Å². The Hall–Kier alpha value is -4.90. The number of carbonyl (C=O) groups is 1. The van der Waals surface area contributed by atoms with E-state index in [0.29, 0.717) is 51.2 Å². The largest absolute Gasteiger partial charge is 0.379 e. The van der Waals surface area contributed by atoms with Gasteiger partial charge in [-0.1, -0.05) is 42.3 Å². The van der Waals surface area contributed by atoms with E-state index in [4.69, 9.17) is 4.74 Å². The zero-order valence-corrected chi connectivity index (χ0v) is 25.3. The van der Waals surface area contributed by atoms with Gasteiger partial charge >= 0.3 is 5.91 Å². The van der Waals surface area contributed by atoms with Crippen LogP contribution in [0.4, 0.5) is 17.3 Å². The van der Waals surface area contributed by atoms with Crippen molar-refractivity contribution in [3.8, 4) is 11.8 Å². The van der Waals surface area contributed by atoms with E-state index in [1.807, 2.05) is 6.07 Å². The number of ether oxygens (including phenoxy) is 1. The number of benzene rings is 2. The third-order valence-electron chi connectivity index (χ3n) is 7.33. The van der Waals surface area contributed by atoms with E-state index in [-0.39, 0.29) is 10.9 Å². The summed E-state index contributed by atoms with van der Waals surface area (Å²) < 4.78 is 31.6. The van der Waals surface area contributed by atoms with Crippen molar-refractivity contribution in [3.63, 3.8) is 0 Å². The Kier molecular flexibility index (Phi) is 9.25. The predicted molar refractivity (Wildman–Crippen MR) is 172 cm³/mol. The summed E-state index contributed by atoms with van der Waals surface area (Å²) in [4.78, 5) is 35.2. The molecule has 0 spiro atoms. The van der Waals surface area contributed by atoms with E-state index in [2.05, 4.69) is 52.3 Å². The van der Waals surface area contributed by atoms with Crippen molar-refractivity contribution >= 4 is 55.0 Å². The lowest BCUT2D eigenvalue weighted by atomic mass is 10.2. The van der Waals surface area contributed by atoms with E-state index in [0.717, 1.165) is 45.7 Å². The molecule has 0 saturated carbocycles. The van der Waals surface area contributed by atoms with Crippen molar-refractivity contribution in [2.24, 2.45) is 0 Å². The topological polar surface area (TPSA) is 155 Å². The van der Waals surface area contributed by atoms with Crippen molar-refractivity contribution in [2.75, 3.05) is 43.5 Å². The van der Waals surface area contributed by atoms with Gasteiger partial charge in [0.1, 0.15) is 23.5 Å². The Morgan fingerprint density at radius 3 is 2.71 bits per heavy atom. The van der Waals surface area contributed by atoms with Gasteiger partial charge in [0.2, 0.25) is 15.0 Å². The van der Waals surface area contributed by atoms with Crippen molar-refractivity contribution in [1.82, 2.24) is 29.8 Å². The first-order valence-corrected chi connectivity index (χ1v) is 16.3. The highest BCUT2D eigenvalue weighted by Gasteiger charge is 2.21. The lowest BCUT2D eigenvalue weighted by Crippen LogP contribution is -2.36. The fraction of sp³-hybridized carbons (Fsp3) is 0.281. The molecule has 3 N–H and O–H groups in total. The Labute approximate surface area is 260 Å². The Morgan fingerprint density at radius 1 is 1.02 bits per heavy atom. The number of carbonyl (C=O) groups excluding carboxylic acids is 1. The van der Waals surface area contributed by atoms with E-state index in [1.54, 1.807) is 54.7 Å². The summed E-state index contributed by atoms with van der Waals surface area (Å²) in [6, 6.07) is 16.0. The molecule has 2 aromatic carbocycles. The number of amides is 1. The maximum Gasteiger partial charge on any atom is 0.301 e. The van der Waals surface area contributed by atoms with Crippen molar-refractivity contribution in [3.05, 3.63) is 72.7 Å². The predicted octanol–water partition coefficient (Wildman–Crippen LogP) is 4.06. The van der Waals surface area contributed by atoms with Crippen LogP contribution in [0.1, 0.15) is 24.8 Å². The molecule has 0 unspecified atom stereocenters. The average Bonchev–Trinajstić information content (AvgIpc) is 3.51. The summed E-state index contributed by atoms with van der Waals surface area (Å²) in [5, 5.41) is 6.46. The molecule has 230 valence electrons. The first-order valence-electron chi connectivity index (χ1n) is 14.7. The summed E-state index contributed by atoms with van der Waals surface area (Å²) in [6.07, 6.45) is 5.52. The summed E-state index contributed by atoms with van der Waals surface area (Å²) >= 11 is 0. The molecular weight excluding hydrogens is 592 g/mol. The van der Waals surface area contributed by atoms with Gasteiger partial charge < -0.3 is 15.0 Å². The van der Waals surface area contributed by atoms with E-state index >= 15 is 0 Å². The summed E-state index contributed by atoms with van der Waals surface area (Å²) in [6.45, 7) is 4.52. The number of sulfone groups is 1. The number of nitrogens with zero attached hydrogens (tertiary/aromatic N) is 5. The normalized spacial score (nSPS) is 13.8. The minimum Gasteiger partial charge on any atom is -0.379 e. The number of unbranched alkanes of at least 4 members (excludes halogenated alkanes) is 2. The van der Waals surface area contributed by atoms with Crippen LogP contribution in [0.5, 0.6) is 0 Å². The lowest BCUT2D eigenvalue weighted by Gasteiger charge is -2.26. The van der Waals surface area contributed by atoms with Gasteiger partial charge in [0.25, 0.3) is 0 Å². The smallest absolute Gasteiger partial charge is 0.301 e. The number of H-pyrrole nitrogens is 1. The number of imidazole rings is 1. The van der Waals surface area contributed by atoms with Crippen LogP contribution in [0.2, 0.25) is 0 Å². The molecule has 3 aromatic heterocycles. The Morgan fingerprint density at radius 2 is 1.87 bits per heavy atom. The Balaban J connectivity index is 1.14. The fourth-order valence-electron chi connectivity index (χ4n) is 5.04. The number of aromatic nitrogens is 5. The average molecular weight is 625 g/mol. The van der Waals surface area contributed by atoms with Crippen LogP contribution in [0, 0.1) is 11.8 Å². The number of nitrogens with one attached hydrogen (secondary N) is 3. The van der Waals surface area contributed by atoms with Gasteiger partial charge in [-0.25, -0.2) is 28.4 Å². The van der Waals surface area contributed by atoms with Gasteiger partial charge in [-0.05, 0) is 49.1 Å². The van der Waals surface area contributed by atoms with Crippen molar-refractivity contribution in [1.29, 1.82) is 0 Å². The highest BCUT2D eigenvalue weighted by atomic mass is 32.2. The molecular formula is C32H32N8O4S. The highest BCUT2D eigenvalue weighted by Crippen LogP contribution is 2.29. The van der Waals surface area contributed by atoms with Gasteiger partial charge in [0, 0.05) is 24.9 Å². The fourth-order valence-corrected chi connectivity index (χ4v) is 6.30. The van der Waals surface area contributed by atoms with Gasteiger partial charge in [-0.15, -0.1) is 0 Å². The van der Waals surface area contributed by atoms with Crippen molar-refractivity contribution < 1.29 is 17.9 Å². The SMILES string of the molecule is O=C(C#CCCCCN1CCOCC1)Nc1cc2c(Nc3cccc4[nH]c(S(=O)(=O)Cc5ccccc5)nc34)ncnc2cn1. The monoisotopic (exact) mass is 624 g/mol. The molecule has 1 amide bonds. The molecule has 6 rings (SSSR count). The molecule has 1 aliphatic heterocycles. The molecule has 13 heteroatoms. The van der Waals surface area contributed by atoms with Crippen LogP contribution in [0.3, 0.4) is 0 Å². The number of rotatable bonds is 10. The maximum atomic E-state index is 13.1. The quantitative estimate of drug-likeness (QED) is 0.153. The van der Waals surface area contributed by atoms with Gasteiger partial charge in [0.15, 0.2) is 0 Å². The van der Waals surface area contributed by atoms with Crippen LogP contribution < -0.4 is 10.6 Å². The van der Waals surface area contributed by atoms with Gasteiger partial charge in [-0.2, -0.15) is 0 Å². The first kappa shape index (κ1) is 30.1. The summed E-state index contributed by atoms with van der Waals surface area (Å²) in [5.41, 5.74) is 2.77. The molecule has 0 bridgehead atoms. The molecule has 0 atom stereocenters. The third kappa shape index (κ3) is 7.61. The second-order valence-corrected chi connectivity index (χ2v) is 12.5.